The second-order valence-electron chi connectivity index (χ2n) is 7.20. The Hall–Kier alpha value is -2.99. The highest BCUT2D eigenvalue weighted by atomic mass is 16.6. The molecule has 6 heteroatoms. The van der Waals surface area contributed by atoms with Crippen LogP contribution in [-0.4, -0.2) is 41.0 Å². The van der Waals surface area contributed by atoms with Crippen molar-refractivity contribution in [2.45, 2.75) is 13.1 Å². The number of rotatable bonds is 3. The first-order chi connectivity index (χ1) is 13.8. The molecule has 0 amide bonds. The number of hydrogen-bond acceptors (Lipinski definition) is 5. The minimum absolute atomic E-state index is 0.582. The fourth-order valence-corrected chi connectivity index (χ4v) is 3.84. The van der Waals surface area contributed by atoms with Gasteiger partial charge in [-0.2, -0.15) is 5.10 Å². The summed E-state index contributed by atoms with van der Waals surface area (Å²) in [5.74, 6) is 2.58. The van der Waals surface area contributed by atoms with Crippen molar-refractivity contribution in [2.75, 3.05) is 26.4 Å². The number of fused-ring (bicyclic) bond motifs is 2. The van der Waals surface area contributed by atoms with Crippen LogP contribution in [0.4, 0.5) is 0 Å². The molecule has 28 heavy (non-hydrogen) atoms. The molecule has 2 aromatic carbocycles. The molecule has 0 radical (unpaired) electrons. The molecule has 0 bridgehead atoms. The lowest BCUT2D eigenvalue weighted by Crippen LogP contribution is -2.25. The first-order valence-electron chi connectivity index (χ1n) is 9.62. The van der Waals surface area contributed by atoms with Gasteiger partial charge in [-0.25, -0.2) is 0 Å². The van der Waals surface area contributed by atoms with E-state index in [-0.39, 0.29) is 0 Å². The second kappa shape index (κ2) is 7.20. The standard InChI is InChI=1S/C22H23N3O3/c1-24-13-18(15-25-8-9-26-19-5-3-2-4-17(19)14-25)22(23-24)16-6-7-20-21(12-16)28-11-10-27-20/h2-7,12-13H,8-11,14-15H2,1H3. The van der Waals surface area contributed by atoms with Crippen molar-refractivity contribution in [3.63, 3.8) is 0 Å². The van der Waals surface area contributed by atoms with E-state index < -0.39 is 0 Å². The van der Waals surface area contributed by atoms with E-state index in [4.69, 9.17) is 19.3 Å². The van der Waals surface area contributed by atoms with Crippen LogP contribution in [0.5, 0.6) is 17.2 Å². The number of aromatic nitrogens is 2. The molecule has 1 aromatic heterocycles. The Labute approximate surface area is 164 Å². The number of benzene rings is 2. The van der Waals surface area contributed by atoms with Crippen molar-refractivity contribution in [1.29, 1.82) is 0 Å². The van der Waals surface area contributed by atoms with Crippen LogP contribution in [0.2, 0.25) is 0 Å². The lowest BCUT2D eigenvalue weighted by Gasteiger charge is -2.20. The lowest BCUT2D eigenvalue weighted by molar-refractivity contribution is 0.171. The van der Waals surface area contributed by atoms with Gasteiger partial charge >= 0.3 is 0 Å². The lowest BCUT2D eigenvalue weighted by atomic mass is 10.1. The number of para-hydroxylation sites is 1. The highest BCUT2D eigenvalue weighted by molar-refractivity contribution is 5.67. The van der Waals surface area contributed by atoms with E-state index in [1.807, 2.05) is 36.0 Å². The van der Waals surface area contributed by atoms with Crippen molar-refractivity contribution >= 4 is 0 Å². The van der Waals surface area contributed by atoms with Crippen LogP contribution in [0.1, 0.15) is 11.1 Å². The molecule has 0 saturated heterocycles. The monoisotopic (exact) mass is 377 g/mol. The molecule has 2 aliphatic heterocycles. The third kappa shape index (κ3) is 3.31. The fraction of sp³-hybridized carbons (Fsp3) is 0.318. The normalized spacial score (nSPS) is 16.2. The summed E-state index contributed by atoms with van der Waals surface area (Å²) in [7, 11) is 1.96. The van der Waals surface area contributed by atoms with Crippen LogP contribution in [0.25, 0.3) is 11.3 Å². The summed E-state index contributed by atoms with van der Waals surface area (Å²) >= 11 is 0. The average Bonchev–Trinajstić information content (AvgIpc) is 2.95. The first-order valence-corrected chi connectivity index (χ1v) is 9.62. The van der Waals surface area contributed by atoms with Crippen molar-refractivity contribution in [3.05, 3.63) is 59.8 Å². The van der Waals surface area contributed by atoms with Gasteiger partial charge in [-0.05, 0) is 24.3 Å². The van der Waals surface area contributed by atoms with E-state index in [0.717, 1.165) is 48.1 Å². The van der Waals surface area contributed by atoms with E-state index in [1.165, 1.54) is 11.1 Å². The summed E-state index contributed by atoms with van der Waals surface area (Å²) < 4.78 is 19.2. The Morgan fingerprint density at radius 1 is 0.929 bits per heavy atom. The van der Waals surface area contributed by atoms with Gasteiger partial charge in [0.25, 0.3) is 0 Å². The molecule has 0 unspecified atom stereocenters. The number of ether oxygens (including phenoxy) is 3. The summed E-state index contributed by atoms with van der Waals surface area (Å²) in [6, 6.07) is 14.3. The zero-order valence-corrected chi connectivity index (χ0v) is 15.9. The minimum atomic E-state index is 0.582. The third-order valence-corrected chi connectivity index (χ3v) is 5.15. The maximum atomic E-state index is 5.91. The second-order valence-corrected chi connectivity index (χ2v) is 7.20. The zero-order chi connectivity index (χ0) is 18.9. The quantitative estimate of drug-likeness (QED) is 0.701. The molecule has 0 N–H and O–H groups in total. The molecule has 0 aliphatic carbocycles. The van der Waals surface area contributed by atoms with Gasteiger partial charge in [0.05, 0.1) is 5.69 Å². The largest absolute Gasteiger partial charge is 0.492 e. The third-order valence-electron chi connectivity index (χ3n) is 5.15. The van der Waals surface area contributed by atoms with Crippen LogP contribution >= 0.6 is 0 Å². The van der Waals surface area contributed by atoms with Gasteiger partial charge in [-0.15, -0.1) is 0 Å². The Bertz CT molecular complexity index is 998. The van der Waals surface area contributed by atoms with Crippen molar-refractivity contribution in [1.82, 2.24) is 14.7 Å². The molecular weight excluding hydrogens is 354 g/mol. The summed E-state index contributed by atoms with van der Waals surface area (Å²) in [6.45, 7) is 4.43. The van der Waals surface area contributed by atoms with E-state index in [1.54, 1.807) is 0 Å². The molecule has 3 heterocycles. The zero-order valence-electron chi connectivity index (χ0n) is 15.9. The van der Waals surface area contributed by atoms with Gasteiger partial charge < -0.3 is 14.2 Å². The molecule has 6 nitrogen and oxygen atoms in total. The van der Waals surface area contributed by atoms with Crippen LogP contribution in [-0.2, 0) is 20.1 Å². The van der Waals surface area contributed by atoms with Crippen LogP contribution in [0.15, 0.2) is 48.7 Å². The Morgan fingerprint density at radius 3 is 2.68 bits per heavy atom. The van der Waals surface area contributed by atoms with Crippen molar-refractivity contribution in [3.8, 4) is 28.5 Å². The maximum absolute atomic E-state index is 5.91. The molecule has 2 aliphatic rings. The van der Waals surface area contributed by atoms with Crippen LogP contribution in [0, 0.1) is 0 Å². The highest BCUT2D eigenvalue weighted by Gasteiger charge is 2.20. The highest BCUT2D eigenvalue weighted by Crippen LogP contribution is 2.35. The van der Waals surface area contributed by atoms with Gasteiger partial charge in [0, 0.05) is 49.6 Å². The van der Waals surface area contributed by atoms with Gasteiger partial charge in [0.15, 0.2) is 11.5 Å². The van der Waals surface area contributed by atoms with Crippen molar-refractivity contribution < 1.29 is 14.2 Å². The number of hydrogen-bond donors (Lipinski definition) is 0. The smallest absolute Gasteiger partial charge is 0.162 e. The molecule has 144 valence electrons. The predicted octanol–water partition coefficient (Wildman–Crippen LogP) is 3.25. The Morgan fingerprint density at radius 2 is 1.75 bits per heavy atom. The summed E-state index contributed by atoms with van der Waals surface area (Å²) in [5.41, 5.74) is 4.45. The number of nitrogens with zero attached hydrogens (tertiary/aromatic N) is 3. The first kappa shape index (κ1) is 17.1. The number of aryl methyl sites for hydroxylation is 1. The van der Waals surface area contributed by atoms with Gasteiger partial charge in [0.2, 0.25) is 0 Å². The Kier molecular flexibility index (Phi) is 4.41. The van der Waals surface area contributed by atoms with Crippen LogP contribution < -0.4 is 14.2 Å². The molecule has 5 rings (SSSR count). The molecule has 0 saturated carbocycles. The van der Waals surface area contributed by atoms with E-state index >= 15 is 0 Å². The fourth-order valence-electron chi connectivity index (χ4n) is 3.84. The molecule has 0 atom stereocenters. The van der Waals surface area contributed by atoms with Gasteiger partial charge in [-0.1, -0.05) is 18.2 Å². The average molecular weight is 377 g/mol. The predicted molar refractivity (Wildman–Crippen MR) is 106 cm³/mol. The molecule has 0 spiro atoms. The molecular formula is C22H23N3O3. The van der Waals surface area contributed by atoms with Crippen molar-refractivity contribution in [2.24, 2.45) is 7.05 Å². The van der Waals surface area contributed by atoms with E-state index in [9.17, 15) is 0 Å². The Balaban J connectivity index is 1.43. The maximum Gasteiger partial charge on any atom is 0.162 e. The summed E-state index contributed by atoms with van der Waals surface area (Å²) in [4.78, 5) is 2.41. The summed E-state index contributed by atoms with van der Waals surface area (Å²) in [5, 5.41) is 4.73. The van der Waals surface area contributed by atoms with E-state index in [0.29, 0.717) is 19.8 Å². The van der Waals surface area contributed by atoms with Crippen LogP contribution in [0.3, 0.4) is 0 Å². The van der Waals surface area contributed by atoms with Gasteiger partial charge in [-0.3, -0.25) is 9.58 Å². The minimum Gasteiger partial charge on any atom is -0.492 e. The van der Waals surface area contributed by atoms with Gasteiger partial charge in [0.1, 0.15) is 25.6 Å². The topological polar surface area (TPSA) is 48.8 Å². The molecule has 3 aromatic rings. The van der Waals surface area contributed by atoms with E-state index in [2.05, 4.69) is 29.3 Å². The molecule has 0 fully saturated rings. The SMILES string of the molecule is Cn1cc(CN2CCOc3ccccc3C2)c(-c2ccc3c(c2)OCCO3)n1. The summed E-state index contributed by atoms with van der Waals surface area (Å²) in [6.07, 6.45) is 2.10.